The molecule has 0 saturated carbocycles. The Morgan fingerprint density at radius 2 is 1.68 bits per heavy atom. The van der Waals surface area contributed by atoms with E-state index < -0.39 is 11.9 Å². The van der Waals surface area contributed by atoms with E-state index in [9.17, 15) is 9.59 Å². The van der Waals surface area contributed by atoms with E-state index in [1.54, 1.807) is 18.9 Å². The minimum atomic E-state index is -0.945. The van der Waals surface area contributed by atoms with Crippen molar-refractivity contribution < 1.29 is 14.7 Å². The Bertz CT molecular complexity index is 485. The number of nitrogens with zero attached hydrogens (tertiary/aromatic N) is 1. The topological polar surface area (TPSA) is 57.6 Å². The Kier molecular flexibility index (Phi) is 4.70. The highest BCUT2D eigenvalue weighted by atomic mass is 16.4. The van der Waals surface area contributed by atoms with Crippen molar-refractivity contribution in [2.75, 3.05) is 11.9 Å². The van der Waals surface area contributed by atoms with Crippen LogP contribution in [-0.2, 0) is 9.59 Å². The highest BCUT2D eigenvalue weighted by Crippen LogP contribution is 2.26. The van der Waals surface area contributed by atoms with Crippen LogP contribution in [-0.4, -0.2) is 24.0 Å². The summed E-state index contributed by atoms with van der Waals surface area (Å²) in [4.78, 5) is 24.5. The standard InChI is InChI=1S/C15H21NO3/c1-9-6-10(2)14(11(3)7-9)16(5)13(17)8-12(4)15(18)19/h6-7,12H,8H2,1-5H3,(H,18,19). The second kappa shape index (κ2) is 5.87. The van der Waals surface area contributed by atoms with Gasteiger partial charge in [0.15, 0.2) is 0 Å². The first-order valence-corrected chi connectivity index (χ1v) is 6.31. The van der Waals surface area contributed by atoms with Gasteiger partial charge in [0.05, 0.1) is 5.92 Å². The molecule has 1 amide bonds. The third kappa shape index (κ3) is 3.56. The molecule has 0 spiro atoms. The first-order chi connectivity index (χ1) is 8.73. The van der Waals surface area contributed by atoms with Gasteiger partial charge in [-0.25, -0.2) is 0 Å². The van der Waals surface area contributed by atoms with Gasteiger partial charge in [-0.1, -0.05) is 24.6 Å². The van der Waals surface area contributed by atoms with Gasteiger partial charge >= 0.3 is 5.97 Å². The van der Waals surface area contributed by atoms with Gasteiger partial charge in [0.2, 0.25) is 5.91 Å². The summed E-state index contributed by atoms with van der Waals surface area (Å²) in [6.07, 6.45) is 0.0125. The predicted molar refractivity (Wildman–Crippen MR) is 75.5 cm³/mol. The number of hydrogen-bond acceptors (Lipinski definition) is 2. The fraction of sp³-hybridized carbons (Fsp3) is 0.467. The molecule has 0 bridgehead atoms. The minimum Gasteiger partial charge on any atom is -0.481 e. The molecule has 0 aliphatic rings. The summed E-state index contributed by atoms with van der Waals surface area (Å²) in [5.41, 5.74) is 4.07. The van der Waals surface area contributed by atoms with E-state index >= 15 is 0 Å². The van der Waals surface area contributed by atoms with Crippen molar-refractivity contribution in [3.8, 4) is 0 Å². The van der Waals surface area contributed by atoms with Crippen LogP contribution in [0.5, 0.6) is 0 Å². The van der Waals surface area contributed by atoms with Crippen LogP contribution < -0.4 is 4.90 Å². The lowest BCUT2D eigenvalue weighted by Gasteiger charge is -2.23. The maximum Gasteiger partial charge on any atom is 0.306 e. The molecule has 1 atom stereocenters. The second-order valence-electron chi connectivity index (χ2n) is 5.14. The Morgan fingerprint density at radius 1 is 1.21 bits per heavy atom. The fourth-order valence-corrected chi connectivity index (χ4v) is 2.31. The molecule has 1 aromatic rings. The molecule has 1 unspecified atom stereocenters. The lowest BCUT2D eigenvalue weighted by molar-refractivity contribution is -0.143. The molecule has 104 valence electrons. The molecule has 0 radical (unpaired) electrons. The smallest absolute Gasteiger partial charge is 0.306 e. The van der Waals surface area contributed by atoms with E-state index in [-0.39, 0.29) is 12.3 Å². The number of carbonyl (C=O) groups excluding carboxylic acids is 1. The number of carbonyl (C=O) groups is 2. The zero-order valence-corrected chi connectivity index (χ0v) is 12.2. The quantitative estimate of drug-likeness (QED) is 0.908. The Labute approximate surface area is 114 Å². The summed E-state index contributed by atoms with van der Waals surface area (Å²) in [6.45, 7) is 7.47. The molecule has 0 aliphatic carbocycles. The largest absolute Gasteiger partial charge is 0.481 e. The van der Waals surface area contributed by atoms with Crippen molar-refractivity contribution in [3.63, 3.8) is 0 Å². The Morgan fingerprint density at radius 3 is 2.11 bits per heavy atom. The van der Waals surface area contributed by atoms with E-state index in [4.69, 9.17) is 5.11 Å². The predicted octanol–water partition coefficient (Wildman–Crippen LogP) is 2.69. The van der Waals surface area contributed by atoms with Crippen LogP contribution in [0.25, 0.3) is 0 Å². The molecule has 0 heterocycles. The summed E-state index contributed by atoms with van der Waals surface area (Å²) < 4.78 is 0. The van der Waals surface area contributed by atoms with Crippen molar-refractivity contribution in [3.05, 3.63) is 28.8 Å². The van der Waals surface area contributed by atoms with Gasteiger partial charge in [-0.2, -0.15) is 0 Å². The molecule has 1 rings (SSSR count). The first-order valence-electron chi connectivity index (χ1n) is 6.31. The van der Waals surface area contributed by atoms with Crippen molar-refractivity contribution in [1.82, 2.24) is 0 Å². The summed E-state index contributed by atoms with van der Waals surface area (Å²) in [5, 5.41) is 8.86. The van der Waals surface area contributed by atoms with Gasteiger partial charge in [0.25, 0.3) is 0 Å². The second-order valence-corrected chi connectivity index (χ2v) is 5.14. The van der Waals surface area contributed by atoms with Gasteiger partial charge in [0.1, 0.15) is 0 Å². The lowest BCUT2D eigenvalue weighted by Crippen LogP contribution is -2.30. The molecule has 4 nitrogen and oxygen atoms in total. The summed E-state index contributed by atoms with van der Waals surface area (Å²) >= 11 is 0. The fourth-order valence-electron chi connectivity index (χ4n) is 2.31. The number of benzene rings is 1. The van der Waals surface area contributed by atoms with Gasteiger partial charge in [-0.15, -0.1) is 0 Å². The maximum atomic E-state index is 12.1. The molecule has 0 aliphatic heterocycles. The van der Waals surface area contributed by atoms with Crippen LogP contribution in [0.2, 0.25) is 0 Å². The number of carboxylic acids is 1. The molecule has 0 saturated heterocycles. The first kappa shape index (κ1) is 15.2. The van der Waals surface area contributed by atoms with Gasteiger partial charge < -0.3 is 10.0 Å². The number of aryl methyl sites for hydroxylation is 3. The Hall–Kier alpha value is -1.84. The van der Waals surface area contributed by atoms with E-state index in [0.717, 1.165) is 22.4 Å². The van der Waals surface area contributed by atoms with Crippen LogP contribution in [0.4, 0.5) is 5.69 Å². The zero-order valence-electron chi connectivity index (χ0n) is 12.2. The molecule has 0 aromatic heterocycles. The monoisotopic (exact) mass is 263 g/mol. The number of hydrogen-bond donors (Lipinski definition) is 1. The summed E-state index contributed by atoms with van der Waals surface area (Å²) in [6, 6.07) is 4.04. The molecule has 1 N–H and O–H groups in total. The van der Waals surface area contributed by atoms with Gasteiger partial charge in [-0.05, 0) is 31.9 Å². The highest BCUT2D eigenvalue weighted by Gasteiger charge is 2.21. The van der Waals surface area contributed by atoms with Crippen molar-refractivity contribution >= 4 is 17.6 Å². The number of aliphatic carboxylic acids is 1. The van der Waals surface area contributed by atoms with Crippen molar-refractivity contribution in [2.24, 2.45) is 5.92 Å². The minimum absolute atomic E-state index is 0.0125. The van der Waals surface area contributed by atoms with Crippen LogP contribution in [0.15, 0.2) is 12.1 Å². The van der Waals surface area contributed by atoms with Crippen molar-refractivity contribution in [1.29, 1.82) is 0 Å². The number of carboxylic acid groups (broad SMARTS) is 1. The Balaban J connectivity index is 2.98. The molecular formula is C15H21NO3. The third-order valence-corrected chi connectivity index (χ3v) is 3.25. The number of anilines is 1. The molecule has 19 heavy (non-hydrogen) atoms. The van der Waals surface area contributed by atoms with E-state index in [1.165, 1.54) is 0 Å². The van der Waals surface area contributed by atoms with Crippen LogP contribution in [0, 0.1) is 26.7 Å². The molecule has 0 fully saturated rings. The maximum absolute atomic E-state index is 12.1. The molecule has 4 heteroatoms. The van der Waals surface area contributed by atoms with E-state index in [0.29, 0.717) is 0 Å². The molecule has 1 aromatic carbocycles. The normalized spacial score (nSPS) is 12.1. The summed E-state index contributed by atoms with van der Waals surface area (Å²) in [7, 11) is 1.70. The van der Waals surface area contributed by atoms with E-state index in [2.05, 4.69) is 0 Å². The average Bonchev–Trinajstić information content (AvgIpc) is 2.26. The van der Waals surface area contributed by atoms with Gasteiger partial charge in [0, 0.05) is 19.2 Å². The van der Waals surface area contributed by atoms with Crippen LogP contribution >= 0.6 is 0 Å². The van der Waals surface area contributed by atoms with Crippen LogP contribution in [0.1, 0.15) is 30.0 Å². The number of rotatable bonds is 4. The van der Waals surface area contributed by atoms with Crippen molar-refractivity contribution in [2.45, 2.75) is 34.1 Å². The SMILES string of the molecule is Cc1cc(C)c(N(C)C(=O)CC(C)C(=O)O)c(C)c1. The van der Waals surface area contributed by atoms with Crippen LogP contribution in [0.3, 0.4) is 0 Å². The summed E-state index contributed by atoms with van der Waals surface area (Å²) in [5.74, 6) is -1.79. The average molecular weight is 263 g/mol. The third-order valence-electron chi connectivity index (χ3n) is 3.25. The van der Waals surface area contributed by atoms with E-state index in [1.807, 2.05) is 32.9 Å². The highest BCUT2D eigenvalue weighted by molar-refractivity contribution is 5.96. The molecular weight excluding hydrogens is 242 g/mol. The number of amides is 1. The lowest BCUT2D eigenvalue weighted by atomic mass is 10.0. The zero-order chi connectivity index (χ0) is 14.7. The van der Waals surface area contributed by atoms with Gasteiger partial charge in [-0.3, -0.25) is 9.59 Å².